The molecule has 1 amide bonds. The van der Waals surface area contributed by atoms with Gasteiger partial charge in [0.2, 0.25) is 0 Å². The topological polar surface area (TPSA) is 92.4 Å². The highest BCUT2D eigenvalue weighted by Crippen LogP contribution is 2.41. The molecule has 0 bridgehead atoms. The molecular formula is C18H13FN2O4. The van der Waals surface area contributed by atoms with E-state index in [0.717, 1.165) is 0 Å². The molecule has 0 saturated heterocycles. The number of benzene rings is 1. The maximum Gasteiger partial charge on any atom is 0.354 e. The van der Waals surface area contributed by atoms with Gasteiger partial charge in [0.25, 0.3) is 5.91 Å². The van der Waals surface area contributed by atoms with E-state index >= 15 is 0 Å². The second-order valence-corrected chi connectivity index (χ2v) is 6.02. The van der Waals surface area contributed by atoms with Gasteiger partial charge in [-0.25, -0.2) is 14.2 Å². The number of carboxylic acid groups (broad SMARTS) is 1. The minimum absolute atomic E-state index is 0.0800. The van der Waals surface area contributed by atoms with Crippen LogP contribution in [0.15, 0.2) is 47.0 Å². The highest BCUT2D eigenvalue weighted by Gasteiger charge is 2.50. The van der Waals surface area contributed by atoms with Crippen molar-refractivity contribution >= 4 is 28.5 Å². The molecule has 7 heteroatoms. The lowest BCUT2D eigenvalue weighted by Crippen LogP contribution is -2.25. The zero-order valence-electron chi connectivity index (χ0n) is 13.0. The number of nitrogens with one attached hydrogen (secondary N) is 1. The van der Waals surface area contributed by atoms with Crippen molar-refractivity contribution in [3.8, 4) is 11.3 Å². The van der Waals surface area contributed by atoms with Crippen molar-refractivity contribution < 1.29 is 23.5 Å². The van der Waals surface area contributed by atoms with Gasteiger partial charge in [0.1, 0.15) is 17.0 Å². The van der Waals surface area contributed by atoms with E-state index in [1.165, 1.54) is 12.3 Å². The first-order chi connectivity index (χ1) is 11.9. The van der Waals surface area contributed by atoms with Crippen LogP contribution < -0.4 is 5.32 Å². The van der Waals surface area contributed by atoms with E-state index in [0.29, 0.717) is 28.0 Å². The summed E-state index contributed by atoms with van der Waals surface area (Å²) in [5.74, 6) is -1.27. The number of aromatic nitrogens is 1. The minimum Gasteiger partial charge on any atom is -0.477 e. The van der Waals surface area contributed by atoms with Gasteiger partial charge in [-0.05, 0) is 49.2 Å². The second kappa shape index (κ2) is 5.41. The molecule has 1 aliphatic rings. The SMILES string of the molecule is O=C(O)c1cc(-c2cc3cc(NC(=O)C4(F)CC4)ccc3o2)ccn1. The van der Waals surface area contributed by atoms with Gasteiger partial charge in [0, 0.05) is 22.8 Å². The Hall–Kier alpha value is -3.22. The Morgan fingerprint density at radius 2 is 2.00 bits per heavy atom. The van der Waals surface area contributed by atoms with Crippen molar-refractivity contribution in [3.63, 3.8) is 0 Å². The van der Waals surface area contributed by atoms with E-state index < -0.39 is 17.5 Å². The Morgan fingerprint density at radius 1 is 1.20 bits per heavy atom. The molecule has 1 aliphatic carbocycles. The molecule has 2 aromatic heterocycles. The van der Waals surface area contributed by atoms with E-state index in [2.05, 4.69) is 10.3 Å². The van der Waals surface area contributed by atoms with Gasteiger partial charge >= 0.3 is 5.97 Å². The Kier molecular flexibility index (Phi) is 3.31. The summed E-state index contributed by atoms with van der Waals surface area (Å²) in [5, 5.41) is 12.3. The summed E-state index contributed by atoms with van der Waals surface area (Å²) in [4.78, 5) is 26.6. The van der Waals surface area contributed by atoms with Crippen LogP contribution in [0.2, 0.25) is 0 Å². The van der Waals surface area contributed by atoms with Crippen LogP contribution in [0.25, 0.3) is 22.3 Å². The van der Waals surface area contributed by atoms with Crippen molar-refractivity contribution in [3.05, 3.63) is 48.3 Å². The molecule has 0 unspecified atom stereocenters. The number of amides is 1. The fourth-order valence-electron chi connectivity index (χ4n) is 2.54. The monoisotopic (exact) mass is 340 g/mol. The molecule has 1 aromatic carbocycles. The van der Waals surface area contributed by atoms with Crippen molar-refractivity contribution in [2.75, 3.05) is 5.32 Å². The zero-order valence-corrected chi connectivity index (χ0v) is 13.0. The Morgan fingerprint density at radius 3 is 2.72 bits per heavy atom. The summed E-state index contributed by atoms with van der Waals surface area (Å²) in [6, 6.07) is 9.79. The number of rotatable bonds is 4. The van der Waals surface area contributed by atoms with Crippen LogP contribution in [0.5, 0.6) is 0 Å². The number of fused-ring (bicyclic) bond motifs is 1. The Balaban J connectivity index is 1.65. The largest absolute Gasteiger partial charge is 0.477 e. The molecule has 3 aromatic rings. The van der Waals surface area contributed by atoms with Gasteiger partial charge in [-0.1, -0.05) is 0 Å². The van der Waals surface area contributed by atoms with Gasteiger partial charge in [-0.2, -0.15) is 0 Å². The average Bonchev–Trinajstić information content (AvgIpc) is 3.21. The van der Waals surface area contributed by atoms with Crippen molar-refractivity contribution in [1.82, 2.24) is 4.98 Å². The van der Waals surface area contributed by atoms with Gasteiger partial charge in [-0.15, -0.1) is 0 Å². The van der Waals surface area contributed by atoms with E-state index in [9.17, 15) is 14.0 Å². The lowest BCUT2D eigenvalue weighted by atomic mass is 10.1. The quantitative estimate of drug-likeness (QED) is 0.756. The maximum absolute atomic E-state index is 13.7. The highest BCUT2D eigenvalue weighted by molar-refractivity contribution is 6.00. The van der Waals surface area contributed by atoms with E-state index in [4.69, 9.17) is 9.52 Å². The molecule has 2 heterocycles. The predicted molar refractivity (Wildman–Crippen MR) is 88.1 cm³/mol. The normalized spacial score (nSPS) is 15.1. The van der Waals surface area contributed by atoms with Crippen molar-refractivity contribution in [1.29, 1.82) is 0 Å². The Bertz CT molecular complexity index is 1010. The highest BCUT2D eigenvalue weighted by atomic mass is 19.1. The smallest absolute Gasteiger partial charge is 0.354 e. The number of hydrogen-bond donors (Lipinski definition) is 2. The lowest BCUT2D eigenvalue weighted by Gasteiger charge is -2.07. The van der Waals surface area contributed by atoms with Crippen LogP contribution in [-0.2, 0) is 4.79 Å². The molecule has 2 N–H and O–H groups in total. The molecule has 0 radical (unpaired) electrons. The molecule has 126 valence electrons. The standard InChI is InChI=1S/C18H13FN2O4/c19-18(4-5-18)17(24)21-12-1-2-14-11(7-12)9-15(25-14)10-3-6-20-13(8-10)16(22)23/h1-3,6-9H,4-5H2,(H,21,24)(H,22,23). The van der Waals surface area contributed by atoms with E-state index in [1.807, 2.05) is 0 Å². The first kappa shape index (κ1) is 15.3. The summed E-state index contributed by atoms with van der Waals surface area (Å²) >= 11 is 0. The summed E-state index contributed by atoms with van der Waals surface area (Å²) < 4.78 is 19.5. The molecule has 6 nitrogen and oxygen atoms in total. The number of nitrogens with zero attached hydrogens (tertiary/aromatic N) is 1. The summed E-state index contributed by atoms with van der Waals surface area (Å²) in [7, 11) is 0. The average molecular weight is 340 g/mol. The fraction of sp³-hybridized carbons (Fsp3) is 0.167. The number of hydrogen-bond acceptors (Lipinski definition) is 4. The molecule has 0 spiro atoms. The number of carboxylic acids is 1. The molecule has 25 heavy (non-hydrogen) atoms. The van der Waals surface area contributed by atoms with E-state index in [1.54, 1.807) is 30.3 Å². The number of halogens is 1. The number of anilines is 1. The third-order valence-corrected chi connectivity index (χ3v) is 4.13. The molecular weight excluding hydrogens is 327 g/mol. The van der Waals surface area contributed by atoms with Crippen LogP contribution >= 0.6 is 0 Å². The molecule has 4 rings (SSSR count). The third kappa shape index (κ3) is 2.84. The lowest BCUT2D eigenvalue weighted by molar-refractivity contribution is -0.122. The maximum atomic E-state index is 13.7. The second-order valence-electron chi connectivity index (χ2n) is 6.02. The predicted octanol–water partition coefficient (Wildman–Crippen LogP) is 3.63. The van der Waals surface area contributed by atoms with Gasteiger partial charge in [-0.3, -0.25) is 4.79 Å². The zero-order chi connectivity index (χ0) is 17.6. The number of pyridine rings is 1. The first-order valence-electron chi connectivity index (χ1n) is 7.68. The van der Waals surface area contributed by atoms with Crippen LogP contribution in [0.1, 0.15) is 23.3 Å². The van der Waals surface area contributed by atoms with Crippen molar-refractivity contribution in [2.45, 2.75) is 18.5 Å². The van der Waals surface area contributed by atoms with Crippen LogP contribution in [0.4, 0.5) is 10.1 Å². The number of furan rings is 1. The third-order valence-electron chi connectivity index (χ3n) is 4.13. The summed E-state index contributed by atoms with van der Waals surface area (Å²) in [6.07, 6.45) is 1.91. The number of aromatic carboxylic acids is 1. The minimum atomic E-state index is -1.74. The van der Waals surface area contributed by atoms with Crippen LogP contribution in [-0.4, -0.2) is 27.6 Å². The molecule has 1 saturated carbocycles. The van der Waals surface area contributed by atoms with Gasteiger partial charge < -0.3 is 14.8 Å². The first-order valence-corrected chi connectivity index (χ1v) is 7.68. The fourth-order valence-corrected chi connectivity index (χ4v) is 2.54. The molecule has 1 fully saturated rings. The van der Waals surface area contributed by atoms with Crippen molar-refractivity contribution in [2.24, 2.45) is 0 Å². The van der Waals surface area contributed by atoms with Crippen LogP contribution in [0, 0.1) is 0 Å². The molecule has 0 aliphatic heterocycles. The number of carbonyl (C=O) groups is 2. The van der Waals surface area contributed by atoms with Crippen LogP contribution in [0.3, 0.4) is 0 Å². The Labute approximate surface area is 141 Å². The number of carbonyl (C=O) groups excluding carboxylic acids is 1. The summed E-state index contributed by atoms with van der Waals surface area (Å²) in [6.45, 7) is 0. The number of alkyl halides is 1. The molecule has 0 atom stereocenters. The van der Waals surface area contributed by atoms with E-state index in [-0.39, 0.29) is 18.5 Å². The van der Waals surface area contributed by atoms with Gasteiger partial charge in [0.15, 0.2) is 5.67 Å². The summed E-state index contributed by atoms with van der Waals surface area (Å²) in [5.41, 5.74) is -0.183. The van der Waals surface area contributed by atoms with Gasteiger partial charge in [0.05, 0.1) is 0 Å².